The minimum Gasteiger partial charge on any atom is -0.508 e. The normalized spacial score (nSPS) is 10.3. The molecule has 1 aromatic carbocycles. The second kappa shape index (κ2) is 3.97. The van der Waals surface area contributed by atoms with E-state index in [1.54, 1.807) is 12.1 Å². The summed E-state index contributed by atoms with van der Waals surface area (Å²) in [6.07, 6.45) is 0. The van der Waals surface area contributed by atoms with Gasteiger partial charge in [-0.25, -0.2) is 4.79 Å². The average Bonchev–Trinajstić information content (AvgIpc) is 2.60. The number of aromatic amines is 1. The molecule has 3 N–H and O–H groups in total. The first-order valence-corrected chi connectivity index (χ1v) is 5.15. The number of carboxylic acids is 1. The molecule has 0 bridgehead atoms. The molecule has 1 aromatic heterocycles. The van der Waals surface area contributed by atoms with E-state index in [-0.39, 0.29) is 11.4 Å². The van der Waals surface area contributed by atoms with Crippen LogP contribution in [0.5, 0.6) is 5.75 Å². The Labute approximate surface area is 98.9 Å². The van der Waals surface area contributed by atoms with Gasteiger partial charge in [0, 0.05) is 5.56 Å². The molecule has 0 spiro atoms. The lowest BCUT2D eigenvalue weighted by atomic mass is 10.1. The summed E-state index contributed by atoms with van der Waals surface area (Å²) in [5.41, 5.74) is 1.07. The standard InChI is InChI=1S/C10H7BrN2O3/c11-7-8(12-13-9(7)10(15)16)5-2-1-3-6(14)4-5/h1-4,14H,(H,12,13)(H,15,16). The van der Waals surface area contributed by atoms with E-state index in [2.05, 4.69) is 26.1 Å². The minimum absolute atomic E-state index is 0.0154. The van der Waals surface area contributed by atoms with Crippen LogP contribution in [0.15, 0.2) is 28.7 Å². The first-order valence-electron chi connectivity index (χ1n) is 4.36. The van der Waals surface area contributed by atoms with Crippen LogP contribution in [0.4, 0.5) is 0 Å². The van der Waals surface area contributed by atoms with Gasteiger partial charge in [-0.05, 0) is 28.1 Å². The molecule has 0 amide bonds. The number of phenolic OH excluding ortho intramolecular Hbond substituents is 1. The summed E-state index contributed by atoms with van der Waals surface area (Å²) in [7, 11) is 0. The number of hydrogen-bond acceptors (Lipinski definition) is 3. The number of phenols is 1. The van der Waals surface area contributed by atoms with Crippen LogP contribution in [0.1, 0.15) is 10.5 Å². The number of carbonyl (C=O) groups is 1. The van der Waals surface area contributed by atoms with E-state index in [1.165, 1.54) is 12.1 Å². The third-order valence-electron chi connectivity index (χ3n) is 2.04. The van der Waals surface area contributed by atoms with Crippen LogP contribution < -0.4 is 0 Å². The number of H-pyrrole nitrogens is 1. The van der Waals surface area contributed by atoms with Gasteiger partial charge in [0.2, 0.25) is 0 Å². The summed E-state index contributed by atoms with van der Waals surface area (Å²) in [5, 5.41) is 24.4. The van der Waals surface area contributed by atoms with E-state index in [0.717, 1.165) is 0 Å². The highest BCUT2D eigenvalue weighted by Gasteiger charge is 2.17. The first kappa shape index (κ1) is 10.7. The molecule has 0 unspecified atom stereocenters. The Kier molecular flexibility index (Phi) is 2.66. The van der Waals surface area contributed by atoms with Gasteiger partial charge in [-0.2, -0.15) is 5.10 Å². The minimum atomic E-state index is -1.09. The van der Waals surface area contributed by atoms with Gasteiger partial charge in [0.1, 0.15) is 11.4 Å². The highest BCUT2D eigenvalue weighted by atomic mass is 79.9. The van der Waals surface area contributed by atoms with Crippen LogP contribution in [0.3, 0.4) is 0 Å². The van der Waals surface area contributed by atoms with Crippen LogP contribution in [0.25, 0.3) is 11.3 Å². The van der Waals surface area contributed by atoms with Gasteiger partial charge in [-0.3, -0.25) is 5.10 Å². The molecule has 0 saturated carbocycles. The SMILES string of the molecule is O=C(O)c1[nH]nc(-c2cccc(O)c2)c1Br. The lowest BCUT2D eigenvalue weighted by Crippen LogP contribution is -1.96. The lowest BCUT2D eigenvalue weighted by Gasteiger charge is -1.98. The Morgan fingerprint density at radius 1 is 1.44 bits per heavy atom. The zero-order valence-electron chi connectivity index (χ0n) is 7.94. The van der Waals surface area contributed by atoms with Crippen LogP contribution in [-0.2, 0) is 0 Å². The number of aromatic carboxylic acids is 1. The summed E-state index contributed by atoms with van der Waals surface area (Å²) in [5.74, 6) is -0.991. The fourth-order valence-electron chi connectivity index (χ4n) is 1.31. The number of benzene rings is 1. The quantitative estimate of drug-likeness (QED) is 0.789. The summed E-state index contributed by atoms with van der Waals surface area (Å²) in [6, 6.07) is 6.42. The van der Waals surface area contributed by atoms with Crippen molar-refractivity contribution in [3.8, 4) is 17.0 Å². The zero-order chi connectivity index (χ0) is 11.7. The molecule has 16 heavy (non-hydrogen) atoms. The van der Waals surface area contributed by atoms with Crippen LogP contribution >= 0.6 is 15.9 Å². The number of aromatic hydroxyl groups is 1. The predicted molar refractivity (Wildman–Crippen MR) is 60.3 cm³/mol. The van der Waals surface area contributed by atoms with E-state index in [4.69, 9.17) is 5.11 Å². The van der Waals surface area contributed by atoms with Crippen LogP contribution in [0, 0.1) is 0 Å². The molecule has 5 nitrogen and oxygen atoms in total. The monoisotopic (exact) mass is 282 g/mol. The van der Waals surface area contributed by atoms with Crippen molar-refractivity contribution in [2.75, 3.05) is 0 Å². The largest absolute Gasteiger partial charge is 0.508 e. The van der Waals surface area contributed by atoms with Gasteiger partial charge >= 0.3 is 5.97 Å². The Morgan fingerprint density at radius 2 is 2.19 bits per heavy atom. The van der Waals surface area contributed by atoms with Crippen molar-refractivity contribution in [1.82, 2.24) is 10.2 Å². The number of aromatic nitrogens is 2. The molecular weight excluding hydrogens is 276 g/mol. The molecule has 0 aliphatic rings. The highest BCUT2D eigenvalue weighted by Crippen LogP contribution is 2.30. The van der Waals surface area contributed by atoms with Crippen molar-refractivity contribution in [2.45, 2.75) is 0 Å². The van der Waals surface area contributed by atoms with Crippen molar-refractivity contribution in [3.05, 3.63) is 34.4 Å². The van der Waals surface area contributed by atoms with Gasteiger partial charge in [0.05, 0.1) is 4.47 Å². The number of halogens is 1. The van der Waals surface area contributed by atoms with Crippen LogP contribution in [0.2, 0.25) is 0 Å². The van der Waals surface area contributed by atoms with E-state index in [0.29, 0.717) is 15.7 Å². The van der Waals surface area contributed by atoms with Crippen molar-refractivity contribution in [3.63, 3.8) is 0 Å². The maximum atomic E-state index is 10.8. The fraction of sp³-hybridized carbons (Fsp3) is 0. The maximum Gasteiger partial charge on any atom is 0.355 e. The van der Waals surface area contributed by atoms with E-state index < -0.39 is 5.97 Å². The molecule has 0 aliphatic heterocycles. The molecule has 0 saturated heterocycles. The van der Waals surface area contributed by atoms with Gasteiger partial charge in [-0.1, -0.05) is 12.1 Å². The fourth-order valence-corrected chi connectivity index (χ4v) is 1.89. The van der Waals surface area contributed by atoms with Crippen molar-refractivity contribution in [2.24, 2.45) is 0 Å². The molecule has 0 radical (unpaired) electrons. The molecule has 0 aliphatic carbocycles. The summed E-state index contributed by atoms with van der Waals surface area (Å²) in [6.45, 7) is 0. The predicted octanol–water partition coefficient (Wildman–Crippen LogP) is 2.24. The zero-order valence-corrected chi connectivity index (χ0v) is 9.52. The van der Waals surface area contributed by atoms with Crippen molar-refractivity contribution >= 4 is 21.9 Å². The topological polar surface area (TPSA) is 86.2 Å². The van der Waals surface area contributed by atoms with E-state index >= 15 is 0 Å². The molecule has 0 atom stereocenters. The molecule has 6 heteroatoms. The summed E-state index contributed by atoms with van der Waals surface area (Å²) < 4.78 is 0.366. The summed E-state index contributed by atoms with van der Waals surface area (Å²) in [4.78, 5) is 10.8. The molecule has 2 aromatic rings. The molecule has 2 rings (SSSR count). The Bertz CT molecular complexity index is 551. The number of nitrogens with zero attached hydrogens (tertiary/aromatic N) is 1. The number of carboxylic acid groups (broad SMARTS) is 1. The Morgan fingerprint density at radius 3 is 2.75 bits per heavy atom. The molecule has 82 valence electrons. The van der Waals surface area contributed by atoms with Gasteiger partial charge in [-0.15, -0.1) is 0 Å². The Hall–Kier alpha value is -1.82. The molecule has 1 heterocycles. The van der Waals surface area contributed by atoms with Gasteiger partial charge < -0.3 is 10.2 Å². The average molecular weight is 283 g/mol. The third-order valence-corrected chi connectivity index (χ3v) is 2.81. The Balaban J connectivity index is 2.53. The van der Waals surface area contributed by atoms with E-state index in [9.17, 15) is 9.90 Å². The maximum absolute atomic E-state index is 10.8. The highest BCUT2D eigenvalue weighted by molar-refractivity contribution is 9.10. The summed E-state index contributed by atoms with van der Waals surface area (Å²) >= 11 is 3.16. The number of nitrogens with one attached hydrogen (secondary N) is 1. The lowest BCUT2D eigenvalue weighted by molar-refractivity contribution is 0.0689. The molecule has 0 fully saturated rings. The number of rotatable bonds is 2. The second-order valence-corrected chi connectivity index (χ2v) is 3.91. The van der Waals surface area contributed by atoms with Gasteiger partial charge in [0.25, 0.3) is 0 Å². The van der Waals surface area contributed by atoms with Gasteiger partial charge in [0.15, 0.2) is 5.69 Å². The number of hydrogen-bond donors (Lipinski definition) is 3. The van der Waals surface area contributed by atoms with Crippen LogP contribution in [-0.4, -0.2) is 26.4 Å². The smallest absolute Gasteiger partial charge is 0.355 e. The second-order valence-electron chi connectivity index (χ2n) is 3.12. The van der Waals surface area contributed by atoms with Crippen molar-refractivity contribution < 1.29 is 15.0 Å². The van der Waals surface area contributed by atoms with Crippen molar-refractivity contribution in [1.29, 1.82) is 0 Å². The third kappa shape index (κ3) is 1.79. The van der Waals surface area contributed by atoms with E-state index in [1.807, 2.05) is 0 Å². The molecular formula is C10H7BrN2O3. The first-order chi connectivity index (χ1) is 7.59.